The van der Waals surface area contributed by atoms with Crippen molar-refractivity contribution in [1.82, 2.24) is 10.2 Å². The quantitative estimate of drug-likeness (QED) is 0.451. The monoisotopic (exact) mass is 525 g/mol. The van der Waals surface area contributed by atoms with E-state index >= 15 is 0 Å². The first-order valence-corrected chi connectivity index (χ1v) is 13.5. The number of likely N-dealkylation sites (tertiary alicyclic amines) is 1. The average molecular weight is 526 g/mol. The molecule has 1 N–H and O–H groups in total. The molecule has 0 radical (unpaired) electrons. The van der Waals surface area contributed by atoms with E-state index in [4.69, 9.17) is 11.6 Å². The molecule has 0 atom stereocenters. The van der Waals surface area contributed by atoms with Gasteiger partial charge in [0.05, 0.1) is 15.6 Å². The lowest BCUT2D eigenvalue weighted by atomic mass is 10.1. The van der Waals surface area contributed by atoms with Crippen LogP contribution >= 0.6 is 11.6 Å². The largest absolute Gasteiger partial charge is 0.350 e. The molecular weight excluding hydrogens is 498 g/mol. The van der Waals surface area contributed by atoms with Gasteiger partial charge < -0.3 is 10.2 Å². The fourth-order valence-electron chi connectivity index (χ4n) is 4.03. The van der Waals surface area contributed by atoms with E-state index in [-0.39, 0.29) is 28.1 Å². The van der Waals surface area contributed by atoms with Gasteiger partial charge in [0.1, 0.15) is 6.54 Å². The molecule has 4 rings (SSSR count). The Morgan fingerprint density at radius 2 is 1.67 bits per heavy atom. The highest BCUT2D eigenvalue weighted by atomic mass is 35.5. The molecule has 0 saturated carbocycles. The lowest BCUT2D eigenvalue weighted by Crippen LogP contribution is -2.40. The number of aryl methyl sites for hydroxylation is 1. The molecule has 3 aromatic carbocycles. The number of carbonyl (C=O) groups excluding carboxylic acids is 2. The second-order valence-corrected chi connectivity index (χ2v) is 11.1. The van der Waals surface area contributed by atoms with Crippen molar-refractivity contribution in [3.05, 3.63) is 94.5 Å². The standard InChI is InChI=1S/C27H28ClN3O4S/c1-20-8-14-23(15-9-20)36(34,35)31(25-6-3-2-5-24(25)28)19-26(32)29-17-21-10-12-22(13-11-21)18-30-16-4-7-27(30)33/h2-3,5-6,8-15H,4,7,16-19H2,1H3,(H,29,32). The molecule has 0 aliphatic carbocycles. The third-order valence-corrected chi connectivity index (χ3v) is 8.17. The van der Waals surface area contributed by atoms with E-state index < -0.39 is 22.5 Å². The fourth-order valence-corrected chi connectivity index (χ4v) is 5.76. The second kappa shape index (κ2) is 11.1. The van der Waals surface area contributed by atoms with Crippen LogP contribution < -0.4 is 9.62 Å². The minimum Gasteiger partial charge on any atom is -0.350 e. The van der Waals surface area contributed by atoms with Crippen LogP contribution in [-0.4, -0.2) is 38.2 Å². The maximum Gasteiger partial charge on any atom is 0.264 e. The van der Waals surface area contributed by atoms with Crippen LogP contribution in [0.3, 0.4) is 0 Å². The smallest absolute Gasteiger partial charge is 0.264 e. The first-order valence-electron chi connectivity index (χ1n) is 11.7. The van der Waals surface area contributed by atoms with Gasteiger partial charge in [-0.2, -0.15) is 0 Å². The minimum absolute atomic E-state index is 0.0768. The van der Waals surface area contributed by atoms with E-state index in [0.29, 0.717) is 13.0 Å². The highest BCUT2D eigenvalue weighted by Gasteiger charge is 2.28. The molecule has 36 heavy (non-hydrogen) atoms. The van der Waals surface area contributed by atoms with E-state index in [1.54, 1.807) is 36.4 Å². The summed E-state index contributed by atoms with van der Waals surface area (Å²) in [4.78, 5) is 26.6. The maximum atomic E-state index is 13.5. The summed E-state index contributed by atoms with van der Waals surface area (Å²) in [5.74, 6) is -0.285. The van der Waals surface area contributed by atoms with Crippen LogP contribution in [0.25, 0.3) is 0 Å². The number of halogens is 1. The van der Waals surface area contributed by atoms with Crippen molar-refractivity contribution in [1.29, 1.82) is 0 Å². The summed E-state index contributed by atoms with van der Waals surface area (Å²) in [5, 5.41) is 3.03. The number of carbonyl (C=O) groups is 2. The van der Waals surface area contributed by atoms with Crippen molar-refractivity contribution < 1.29 is 18.0 Å². The Balaban J connectivity index is 1.45. The molecule has 3 aromatic rings. The lowest BCUT2D eigenvalue weighted by molar-refractivity contribution is -0.128. The molecule has 1 aliphatic rings. The highest BCUT2D eigenvalue weighted by molar-refractivity contribution is 7.92. The third kappa shape index (κ3) is 6.06. The van der Waals surface area contributed by atoms with Gasteiger partial charge in [-0.25, -0.2) is 8.42 Å². The van der Waals surface area contributed by atoms with Crippen LogP contribution in [0.15, 0.2) is 77.7 Å². The van der Waals surface area contributed by atoms with Crippen molar-refractivity contribution >= 4 is 39.1 Å². The molecule has 0 unspecified atom stereocenters. The Morgan fingerprint density at radius 3 is 2.31 bits per heavy atom. The van der Waals surface area contributed by atoms with Crippen molar-refractivity contribution in [3.8, 4) is 0 Å². The summed E-state index contributed by atoms with van der Waals surface area (Å²) >= 11 is 6.32. The fraction of sp³-hybridized carbons (Fsp3) is 0.259. The average Bonchev–Trinajstić information content (AvgIpc) is 3.27. The number of nitrogens with zero attached hydrogens (tertiary/aromatic N) is 2. The lowest BCUT2D eigenvalue weighted by Gasteiger charge is -2.25. The first-order chi connectivity index (χ1) is 17.2. The molecule has 9 heteroatoms. The van der Waals surface area contributed by atoms with Gasteiger partial charge in [0.2, 0.25) is 11.8 Å². The SMILES string of the molecule is Cc1ccc(S(=O)(=O)N(CC(=O)NCc2ccc(CN3CCCC3=O)cc2)c2ccccc2Cl)cc1. The van der Waals surface area contributed by atoms with E-state index in [9.17, 15) is 18.0 Å². The molecule has 1 aliphatic heterocycles. The molecule has 1 saturated heterocycles. The predicted molar refractivity (Wildman–Crippen MR) is 140 cm³/mol. The van der Waals surface area contributed by atoms with Crippen LogP contribution in [0.2, 0.25) is 5.02 Å². The van der Waals surface area contributed by atoms with E-state index in [2.05, 4.69) is 5.32 Å². The van der Waals surface area contributed by atoms with Gasteiger partial charge in [0, 0.05) is 26.1 Å². The Bertz CT molecular complexity index is 1340. The van der Waals surface area contributed by atoms with Crippen molar-refractivity contribution in [2.24, 2.45) is 0 Å². The molecule has 0 bridgehead atoms. The summed E-state index contributed by atoms with van der Waals surface area (Å²) in [5.41, 5.74) is 3.05. The number of para-hydroxylation sites is 1. The van der Waals surface area contributed by atoms with Gasteiger partial charge in [-0.3, -0.25) is 13.9 Å². The number of benzene rings is 3. The van der Waals surface area contributed by atoms with Crippen LogP contribution in [0, 0.1) is 6.92 Å². The summed E-state index contributed by atoms with van der Waals surface area (Å²) in [7, 11) is -4.04. The number of anilines is 1. The summed E-state index contributed by atoms with van der Waals surface area (Å²) in [6.07, 6.45) is 1.50. The van der Waals surface area contributed by atoms with E-state index in [0.717, 1.165) is 34.0 Å². The Hall–Kier alpha value is -3.36. The zero-order chi connectivity index (χ0) is 25.7. The van der Waals surface area contributed by atoms with Crippen molar-refractivity contribution in [2.45, 2.75) is 37.8 Å². The number of hydrogen-bond donors (Lipinski definition) is 1. The van der Waals surface area contributed by atoms with E-state index in [1.165, 1.54) is 12.1 Å². The third-order valence-electron chi connectivity index (χ3n) is 6.07. The molecule has 0 aromatic heterocycles. The summed E-state index contributed by atoms with van der Waals surface area (Å²) < 4.78 is 28.0. The van der Waals surface area contributed by atoms with E-state index in [1.807, 2.05) is 36.1 Å². The van der Waals surface area contributed by atoms with Gasteiger partial charge in [0.15, 0.2) is 0 Å². The van der Waals surface area contributed by atoms with Gasteiger partial charge in [0.25, 0.3) is 10.0 Å². The summed E-state index contributed by atoms with van der Waals surface area (Å²) in [6.45, 7) is 3.05. The molecular formula is C27H28ClN3O4S. The Morgan fingerprint density at radius 1 is 1.00 bits per heavy atom. The topological polar surface area (TPSA) is 86.8 Å². The van der Waals surface area contributed by atoms with Crippen molar-refractivity contribution in [2.75, 3.05) is 17.4 Å². The van der Waals surface area contributed by atoms with Gasteiger partial charge >= 0.3 is 0 Å². The number of nitrogens with one attached hydrogen (secondary N) is 1. The number of rotatable bonds is 9. The van der Waals surface area contributed by atoms with Crippen LogP contribution in [0.4, 0.5) is 5.69 Å². The zero-order valence-corrected chi connectivity index (χ0v) is 21.6. The van der Waals surface area contributed by atoms with Gasteiger partial charge in [-0.05, 0) is 48.7 Å². The number of sulfonamides is 1. The van der Waals surface area contributed by atoms with Gasteiger partial charge in [-0.1, -0.05) is 65.7 Å². The van der Waals surface area contributed by atoms with Crippen LogP contribution in [-0.2, 0) is 32.7 Å². The van der Waals surface area contributed by atoms with Crippen LogP contribution in [0.5, 0.6) is 0 Å². The minimum atomic E-state index is -4.04. The molecule has 0 spiro atoms. The predicted octanol–water partition coefficient (Wildman–Crippen LogP) is 4.28. The molecule has 1 fully saturated rings. The number of hydrogen-bond acceptors (Lipinski definition) is 4. The summed E-state index contributed by atoms with van der Waals surface area (Å²) in [6, 6.07) is 20.6. The number of amides is 2. The van der Waals surface area contributed by atoms with Crippen LogP contribution in [0.1, 0.15) is 29.5 Å². The molecule has 7 nitrogen and oxygen atoms in total. The first kappa shape index (κ1) is 25.7. The molecule has 2 amide bonds. The second-order valence-electron chi connectivity index (χ2n) is 8.79. The Kier molecular flexibility index (Phi) is 7.96. The normalized spacial score (nSPS) is 13.6. The zero-order valence-electron chi connectivity index (χ0n) is 20.0. The van der Waals surface area contributed by atoms with Crippen molar-refractivity contribution in [3.63, 3.8) is 0 Å². The Labute approximate surface area is 216 Å². The molecule has 1 heterocycles. The maximum absolute atomic E-state index is 13.5. The van der Waals surface area contributed by atoms with Gasteiger partial charge in [-0.15, -0.1) is 0 Å². The molecule has 188 valence electrons. The highest BCUT2D eigenvalue weighted by Crippen LogP contribution is 2.30.